The highest BCUT2D eigenvalue weighted by molar-refractivity contribution is 7.71. The van der Waals surface area contributed by atoms with Gasteiger partial charge in [-0.1, -0.05) is 44.4 Å². The number of rotatable bonds is 4. The van der Waals surface area contributed by atoms with Crippen molar-refractivity contribution >= 4 is 34.9 Å². The first-order chi connectivity index (χ1) is 10.0. The van der Waals surface area contributed by atoms with E-state index in [0.29, 0.717) is 5.41 Å². The fourth-order valence-electron chi connectivity index (χ4n) is 4.08. The highest BCUT2D eigenvalue weighted by Crippen LogP contribution is 2.45. The number of hydrogen-bond acceptors (Lipinski definition) is 1. The summed E-state index contributed by atoms with van der Waals surface area (Å²) in [5, 5.41) is 0.789. The molecule has 0 spiro atoms. The number of halogens is 1. The third kappa shape index (κ3) is 2.91. The van der Waals surface area contributed by atoms with E-state index in [1.54, 1.807) is 0 Å². The third-order valence-corrected chi connectivity index (χ3v) is 5.37. The molecule has 0 aliphatic heterocycles. The summed E-state index contributed by atoms with van der Waals surface area (Å²) in [6.45, 7) is 5.64. The van der Waals surface area contributed by atoms with Gasteiger partial charge in [0.15, 0.2) is 4.77 Å². The van der Waals surface area contributed by atoms with Crippen LogP contribution in [0, 0.1) is 16.1 Å². The second-order valence-electron chi connectivity index (χ2n) is 6.96. The van der Waals surface area contributed by atoms with Gasteiger partial charge in [-0.2, -0.15) is 0 Å². The first-order valence-electron chi connectivity index (χ1n) is 7.88. The maximum atomic E-state index is 6.42. The second kappa shape index (κ2) is 5.77. The normalized spacial score (nSPS) is 17.9. The monoisotopic (exact) mass is 322 g/mol. The highest BCUT2D eigenvalue weighted by Gasteiger charge is 2.35. The van der Waals surface area contributed by atoms with Crippen LogP contribution in [-0.2, 0) is 6.54 Å². The summed E-state index contributed by atoms with van der Waals surface area (Å²) < 4.78 is 3.04. The van der Waals surface area contributed by atoms with Crippen LogP contribution in [-0.4, -0.2) is 9.55 Å². The number of fused-ring (bicyclic) bond motifs is 1. The minimum Gasteiger partial charge on any atom is -0.331 e. The van der Waals surface area contributed by atoms with Crippen LogP contribution in [0.2, 0.25) is 5.02 Å². The molecule has 4 heteroatoms. The molecule has 3 rings (SSSR count). The lowest BCUT2D eigenvalue weighted by Gasteiger charge is -2.31. The fraction of sp³-hybridized carbons (Fsp3) is 0.588. The number of nitrogens with zero attached hydrogens (tertiary/aromatic N) is 1. The Balaban J connectivity index is 2.04. The minimum atomic E-state index is 0.390. The van der Waals surface area contributed by atoms with Crippen molar-refractivity contribution in [1.82, 2.24) is 9.55 Å². The zero-order valence-electron chi connectivity index (χ0n) is 12.8. The molecule has 1 aliphatic carbocycles. The van der Waals surface area contributed by atoms with Gasteiger partial charge in [0.1, 0.15) is 0 Å². The van der Waals surface area contributed by atoms with E-state index in [9.17, 15) is 0 Å². The van der Waals surface area contributed by atoms with E-state index in [1.807, 2.05) is 12.1 Å². The van der Waals surface area contributed by atoms with Gasteiger partial charge in [-0.25, -0.2) is 0 Å². The molecule has 1 heterocycles. The van der Waals surface area contributed by atoms with E-state index in [0.717, 1.165) is 33.3 Å². The van der Waals surface area contributed by atoms with Crippen LogP contribution in [0.1, 0.15) is 46.0 Å². The molecule has 114 valence electrons. The van der Waals surface area contributed by atoms with Crippen LogP contribution in [0.5, 0.6) is 0 Å². The minimum absolute atomic E-state index is 0.390. The third-order valence-electron chi connectivity index (χ3n) is 4.74. The molecule has 1 saturated carbocycles. The van der Waals surface area contributed by atoms with Gasteiger partial charge in [0.25, 0.3) is 0 Å². The summed E-state index contributed by atoms with van der Waals surface area (Å²) >= 11 is 12.0. The van der Waals surface area contributed by atoms with Gasteiger partial charge in [-0.05, 0) is 54.9 Å². The summed E-state index contributed by atoms with van der Waals surface area (Å²) in [5.41, 5.74) is 2.50. The Morgan fingerprint density at radius 2 is 2.05 bits per heavy atom. The molecule has 1 aromatic carbocycles. The van der Waals surface area contributed by atoms with Crippen molar-refractivity contribution in [3.8, 4) is 0 Å². The number of imidazole rings is 1. The quantitative estimate of drug-likeness (QED) is 0.689. The number of nitrogens with one attached hydrogen (secondary N) is 1. The first kappa shape index (κ1) is 15.1. The van der Waals surface area contributed by atoms with E-state index >= 15 is 0 Å². The maximum absolute atomic E-state index is 6.42. The summed E-state index contributed by atoms with van der Waals surface area (Å²) in [6.07, 6.45) is 6.58. The molecular weight excluding hydrogens is 300 g/mol. The van der Waals surface area contributed by atoms with Crippen LogP contribution in [0.15, 0.2) is 18.2 Å². The molecule has 0 atom stereocenters. The van der Waals surface area contributed by atoms with E-state index in [-0.39, 0.29) is 0 Å². The largest absolute Gasteiger partial charge is 0.331 e. The van der Waals surface area contributed by atoms with Crippen LogP contribution in [0.25, 0.3) is 11.0 Å². The van der Waals surface area contributed by atoms with E-state index in [4.69, 9.17) is 23.8 Å². The lowest BCUT2D eigenvalue weighted by Crippen LogP contribution is -2.25. The first-order valence-corrected chi connectivity index (χ1v) is 8.66. The molecule has 0 amide bonds. The number of benzene rings is 1. The van der Waals surface area contributed by atoms with Gasteiger partial charge in [0.2, 0.25) is 0 Å². The van der Waals surface area contributed by atoms with Crippen LogP contribution < -0.4 is 0 Å². The second-order valence-corrected chi connectivity index (χ2v) is 7.75. The Kier molecular flexibility index (Phi) is 4.15. The zero-order valence-corrected chi connectivity index (χ0v) is 14.4. The lowest BCUT2D eigenvalue weighted by molar-refractivity contribution is 0.198. The van der Waals surface area contributed by atoms with Gasteiger partial charge in [0, 0.05) is 6.54 Å². The van der Waals surface area contributed by atoms with Crippen molar-refractivity contribution in [2.24, 2.45) is 11.3 Å². The summed E-state index contributed by atoms with van der Waals surface area (Å²) in [4.78, 5) is 3.31. The Morgan fingerprint density at radius 1 is 1.33 bits per heavy atom. The zero-order chi connectivity index (χ0) is 15.0. The van der Waals surface area contributed by atoms with Gasteiger partial charge in [-0.15, -0.1) is 0 Å². The summed E-state index contributed by atoms with van der Waals surface area (Å²) in [6, 6.07) is 5.98. The van der Waals surface area contributed by atoms with Crippen LogP contribution in [0.3, 0.4) is 0 Å². The molecule has 1 aromatic heterocycles. The molecule has 1 aliphatic rings. The molecule has 0 radical (unpaired) electrons. The Hall–Kier alpha value is -0.800. The van der Waals surface area contributed by atoms with Gasteiger partial charge < -0.3 is 9.55 Å². The molecule has 0 unspecified atom stereocenters. The number of H-pyrrole nitrogens is 1. The topological polar surface area (TPSA) is 20.7 Å². The van der Waals surface area contributed by atoms with Crippen molar-refractivity contribution < 1.29 is 0 Å². The van der Waals surface area contributed by atoms with Crippen molar-refractivity contribution in [3.63, 3.8) is 0 Å². The standard InChI is InChI=1S/C17H23ClN2S/c1-12(2)10-17(8-3-4-9-17)11-20-15-13(18)6-5-7-14(15)19-16(20)21/h5-7,12H,3-4,8-11H2,1-2H3,(H,19,21). The van der Waals surface area contributed by atoms with Crippen molar-refractivity contribution in [3.05, 3.63) is 28.0 Å². The molecule has 0 saturated heterocycles. The van der Waals surface area contributed by atoms with Crippen molar-refractivity contribution in [1.29, 1.82) is 0 Å². The number of aromatic nitrogens is 2. The average Bonchev–Trinajstić information content (AvgIpc) is 2.96. The fourth-order valence-corrected chi connectivity index (χ4v) is 4.62. The van der Waals surface area contributed by atoms with Crippen LogP contribution >= 0.6 is 23.8 Å². The molecule has 1 fully saturated rings. The molecule has 1 N–H and O–H groups in total. The molecule has 2 aromatic rings. The molecule has 0 bridgehead atoms. The SMILES string of the molecule is CC(C)CC1(Cn2c(=S)[nH]c3cccc(Cl)c32)CCCC1. The van der Waals surface area contributed by atoms with Gasteiger partial charge in [-0.3, -0.25) is 0 Å². The van der Waals surface area contributed by atoms with E-state index in [1.165, 1.54) is 32.1 Å². The summed E-state index contributed by atoms with van der Waals surface area (Å²) in [7, 11) is 0. The number of aromatic amines is 1. The maximum Gasteiger partial charge on any atom is 0.178 e. The number of hydrogen-bond donors (Lipinski definition) is 1. The van der Waals surface area contributed by atoms with Crippen LogP contribution in [0.4, 0.5) is 0 Å². The lowest BCUT2D eigenvalue weighted by atomic mass is 9.78. The number of para-hydroxylation sites is 1. The van der Waals surface area contributed by atoms with E-state index in [2.05, 4.69) is 29.5 Å². The van der Waals surface area contributed by atoms with Gasteiger partial charge >= 0.3 is 0 Å². The summed E-state index contributed by atoms with van der Waals surface area (Å²) in [5.74, 6) is 0.720. The van der Waals surface area contributed by atoms with E-state index < -0.39 is 0 Å². The average molecular weight is 323 g/mol. The molecule has 2 nitrogen and oxygen atoms in total. The predicted molar refractivity (Wildman–Crippen MR) is 92.5 cm³/mol. The Morgan fingerprint density at radius 3 is 2.71 bits per heavy atom. The Bertz CT molecular complexity index is 692. The predicted octanol–water partition coefficient (Wildman–Crippen LogP) is 5.96. The molecule has 21 heavy (non-hydrogen) atoms. The van der Waals surface area contributed by atoms with Crippen molar-refractivity contribution in [2.45, 2.75) is 52.5 Å². The van der Waals surface area contributed by atoms with Gasteiger partial charge in [0.05, 0.1) is 16.1 Å². The highest BCUT2D eigenvalue weighted by atomic mass is 35.5. The Labute approximate surface area is 136 Å². The van der Waals surface area contributed by atoms with Crippen molar-refractivity contribution in [2.75, 3.05) is 0 Å². The molecular formula is C17H23ClN2S. The smallest absolute Gasteiger partial charge is 0.178 e.